The van der Waals surface area contributed by atoms with Gasteiger partial charge in [-0.2, -0.15) is 0 Å². The van der Waals surface area contributed by atoms with Gasteiger partial charge in [0, 0.05) is 23.1 Å². The molecule has 1 saturated heterocycles. The number of benzene rings is 1. The molecule has 0 spiro atoms. The highest BCUT2D eigenvalue weighted by molar-refractivity contribution is 7.91. The number of fused-ring (bicyclic) bond motifs is 3. The Hall–Kier alpha value is -4.60. The van der Waals surface area contributed by atoms with Crippen molar-refractivity contribution in [3.63, 3.8) is 0 Å². The molecule has 15 nitrogen and oxygen atoms in total. The summed E-state index contributed by atoms with van der Waals surface area (Å²) in [4.78, 5) is 60.8. The molecule has 4 amide bonds. The Kier molecular flexibility index (Phi) is 11.1. The minimum Gasteiger partial charge on any atom is -0.497 e. The number of carboxylic acid groups (broad SMARTS) is 1. The molecule has 16 heteroatoms. The lowest BCUT2D eigenvalue weighted by atomic mass is 9.85. The molecule has 0 radical (unpaired) electrons. The third-order valence-corrected chi connectivity index (χ3v) is 13.6. The molecule has 4 N–H and O–H groups in total. The van der Waals surface area contributed by atoms with Crippen LogP contribution < -0.4 is 29.6 Å². The highest BCUT2D eigenvalue weighted by Gasteiger charge is 2.63. The molecule has 3 heterocycles. The van der Waals surface area contributed by atoms with Crippen molar-refractivity contribution in [3.05, 3.63) is 36.5 Å². The lowest BCUT2D eigenvalue weighted by molar-refractivity contribution is -0.142. The first-order chi connectivity index (χ1) is 25.6. The van der Waals surface area contributed by atoms with Crippen LogP contribution in [0.3, 0.4) is 0 Å². The van der Waals surface area contributed by atoms with Crippen molar-refractivity contribution in [3.8, 4) is 17.4 Å². The number of sulfonamides is 1. The predicted octanol–water partition coefficient (Wildman–Crippen LogP) is 3.90. The van der Waals surface area contributed by atoms with E-state index in [1.165, 1.54) is 11.1 Å². The first-order valence-electron chi connectivity index (χ1n) is 18.8. The molecule has 1 aromatic heterocycles. The SMILES string of the molecule is CCOc1cnc(O[C@@H]2C[C@H]3C(=O)N[C@]4(C(=O)NS(=O)(=O)C5(C)CC5)C[C@H]4C=CCC[C@H](C)C[C@@H](CC)[C@H](NC(=O)O)C(=O)N3C2)c2ccc(OC)cc12. The quantitative estimate of drug-likeness (QED) is 0.255. The number of hydrogen-bond acceptors (Lipinski definition) is 10. The lowest BCUT2D eigenvalue weighted by Crippen LogP contribution is -2.59. The number of carbonyl (C=O) groups is 4. The largest absolute Gasteiger partial charge is 0.497 e. The van der Waals surface area contributed by atoms with Crippen LogP contribution in [0.5, 0.6) is 17.4 Å². The molecule has 2 aliphatic heterocycles. The Labute approximate surface area is 315 Å². The van der Waals surface area contributed by atoms with E-state index in [2.05, 4.69) is 20.3 Å². The molecule has 7 atom stereocenters. The maximum Gasteiger partial charge on any atom is 0.405 e. The Morgan fingerprint density at radius 3 is 2.57 bits per heavy atom. The third-order valence-electron chi connectivity index (χ3n) is 11.5. The first kappa shape index (κ1) is 39.1. The smallest absolute Gasteiger partial charge is 0.405 e. The van der Waals surface area contributed by atoms with E-state index in [-0.39, 0.29) is 37.1 Å². The minimum atomic E-state index is -4.01. The van der Waals surface area contributed by atoms with Gasteiger partial charge >= 0.3 is 6.09 Å². The summed E-state index contributed by atoms with van der Waals surface area (Å²) in [7, 11) is -2.46. The zero-order valence-corrected chi connectivity index (χ0v) is 32.2. The number of pyridine rings is 1. The zero-order valence-electron chi connectivity index (χ0n) is 31.4. The number of aromatic nitrogens is 1. The fourth-order valence-electron chi connectivity index (χ4n) is 7.77. The minimum absolute atomic E-state index is 0.00826. The Balaban J connectivity index is 1.36. The molecule has 54 heavy (non-hydrogen) atoms. The second kappa shape index (κ2) is 15.3. The molecule has 2 saturated carbocycles. The second-order valence-electron chi connectivity index (χ2n) is 15.4. The maximum atomic E-state index is 14.6. The molecular weight excluding hydrogens is 719 g/mol. The number of hydrogen-bond donors (Lipinski definition) is 4. The van der Waals surface area contributed by atoms with Gasteiger partial charge in [-0.1, -0.05) is 32.4 Å². The summed E-state index contributed by atoms with van der Waals surface area (Å²) in [6.45, 7) is 7.70. The second-order valence-corrected chi connectivity index (χ2v) is 17.5. The average Bonchev–Trinajstić information content (AvgIpc) is 4.01. The number of nitrogens with one attached hydrogen (secondary N) is 3. The molecule has 4 aliphatic rings. The molecule has 2 aromatic rings. The van der Waals surface area contributed by atoms with Crippen LogP contribution in [-0.2, 0) is 24.4 Å². The van der Waals surface area contributed by atoms with Crippen LogP contribution in [0.2, 0.25) is 0 Å². The molecular formula is C38H51N5O10S. The standard InChI is InChI=1S/C38H51N5O10S/c1-6-23-16-22(3)10-8-9-11-24-19-38(24,35(46)42-54(49,50)37(4)14-15-37)41-32(44)29-18-26(21-43(29)34(45)31(23)40-36(47)48)53-33-27-13-12-25(51-5)17-28(27)30(20-39-33)52-7-2/h9,11-13,17,20,22-24,26,29,31,40H,6-8,10,14-16,18-19,21H2,1-5H3,(H,41,44)(H,42,46)(H,47,48)/t22-,23+,24+,26+,29-,31-,38+/m0/s1. The summed E-state index contributed by atoms with van der Waals surface area (Å²) in [6, 6.07) is 3.00. The van der Waals surface area contributed by atoms with Crippen molar-refractivity contribution in [2.75, 3.05) is 20.3 Å². The number of rotatable bonds is 10. The number of ether oxygens (including phenoxy) is 3. The van der Waals surface area contributed by atoms with Crippen LogP contribution in [0.15, 0.2) is 36.5 Å². The summed E-state index contributed by atoms with van der Waals surface area (Å²) in [5, 5.41) is 16.5. The van der Waals surface area contributed by atoms with Crippen molar-refractivity contribution >= 4 is 44.6 Å². The third kappa shape index (κ3) is 7.80. The zero-order chi connectivity index (χ0) is 39.0. The van der Waals surface area contributed by atoms with Gasteiger partial charge in [0.25, 0.3) is 5.91 Å². The van der Waals surface area contributed by atoms with Gasteiger partial charge in [-0.15, -0.1) is 0 Å². The summed E-state index contributed by atoms with van der Waals surface area (Å²) in [5.41, 5.74) is -1.55. The van der Waals surface area contributed by atoms with Crippen molar-refractivity contribution in [2.24, 2.45) is 17.8 Å². The number of allylic oxidation sites excluding steroid dienone is 1. The summed E-state index contributed by atoms with van der Waals surface area (Å²) >= 11 is 0. The predicted molar refractivity (Wildman–Crippen MR) is 199 cm³/mol. The van der Waals surface area contributed by atoms with Gasteiger partial charge in [0.05, 0.1) is 31.2 Å². The number of nitrogens with zero attached hydrogens (tertiary/aromatic N) is 2. The van der Waals surface area contributed by atoms with Crippen molar-refractivity contribution in [1.82, 2.24) is 25.2 Å². The van der Waals surface area contributed by atoms with Gasteiger partial charge < -0.3 is 34.9 Å². The van der Waals surface area contributed by atoms with Crippen molar-refractivity contribution in [2.45, 2.75) is 108 Å². The molecule has 2 aliphatic carbocycles. The van der Waals surface area contributed by atoms with Gasteiger partial charge in [-0.05, 0) is 82.4 Å². The molecule has 1 aromatic carbocycles. The highest BCUT2D eigenvalue weighted by Crippen LogP contribution is 2.48. The molecule has 294 valence electrons. The van der Waals surface area contributed by atoms with Gasteiger partial charge in [0.2, 0.25) is 27.7 Å². The van der Waals surface area contributed by atoms with E-state index in [9.17, 15) is 32.7 Å². The summed E-state index contributed by atoms with van der Waals surface area (Å²) in [6.07, 6.45) is 6.66. The van der Waals surface area contributed by atoms with Crippen LogP contribution in [0.4, 0.5) is 4.79 Å². The number of amides is 4. The van der Waals surface area contributed by atoms with Crippen molar-refractivity contribution < 1.29 is 46.9 Å². The van der Waals surface area contributed by atoms with E-state index in [1.54, 1.807) is 32.2 Å². The van der Waals surface area contributed by atoms with Gasteiger partial charge in [0.15, 0.2) is 0 Å². The monoisotopic (exact) mass is 769 g/mol. The fraction of sp³-hybridized carbons (Fsp3) is 0.605. The summed E-state index contributed by atoms with van der Waals surface area (Å²) < 4.78 is 45.2. The Morgan fingerprint density at radius 2 is 1.91 bits per heavy atom. The average molecular weight is 770 g/mol. The number of carbonyl (C=O) groups excluding carboxylic acids is 3. The van der Waals surface area contributed by atoms with E-state index < -0.39 is 68.2 Å². The summed E-state index contributed by atoms with van der Waals surface area (Å²) in [5.74, 6) is -1.45. The van der Waals surface area contributed by atoms with E-state index in [1.807, 2.05) is 32.9 Å². The van der Waals surface area contributed by atoms with E-state index >= 15 is 0 Å². The van der Waals surface area contributed by atoms with Crippen molar-refractivity contribution in [1.29, 1.82) is 0 Å². The van der Waals surface area contributed by atoms with Gasteiger partial charge in [-0.25, -0.2) is 18.2 Å². The van der Waals surface area contributed by atoms with E-state index in [0.717, 1.165) is 6.42 Å². The Bertz CT molecular complexity index is 1930. The van der Waals surface area contributed by atoms with Gasteiger partial charge in [0.1, 0.15) is 35.2 Å². The molecule has 0 unspecified atom stereocenters. The fourth-order valence-corrected chi connectivity index (χ4v) is 9.08. The van der Waals surface area contributed by atoms with Crippen LogP contribution in [0.1, 0.15) is 79.1 Å². The number of methoxy groups -OCH3 is 1. The lowest BCUT2D eigenvalue weighted by Gasteiger charge is -2.33. The maximum absolute atomic E-state index is 14.6. The van der Waals surface area contributed by atoms with E-state index in [4.69, 9.17) is 14.2 Å². The normalized spacial score (nSPS) is 29.5. The van der Waals surface area contributed by atoms with E-state index in [0.29, 0.717) is 61.0 Å². The first-order valence-corrected chi connectivity index (χ1v) is 20.2. The van der Waals surface area contributed by atoms with Crippen LogP contribution in [0, 0.1) is 17.8 Å². The van der Waals surface area contributed by atoms with Crippen LogP contribution >= 0.6 is 0 Å². The van der Waals surface area contributed by atoms with Gasteiger partial charge in [-0.3, -0.25) is 19.1 Å². The van der Waals surface area contributed by atoms with Crippen LogP contribution in [-0.4, -0.2) is 96.0 Å². The highest BCUT2D eigenvalue weighted by atomic mass is 32.2. The van der Waals surface area contributed by atoms with Crippen LogP contribution in [0.25, 0.3) is 10.8 Å². The topological polar surface area (TPSA) is 203 Å². The molecule has 6 rings (SSSR count). The Morgan fingerprint density at radius 1 is 1.15 bits per heavy atom. The molecule has 0 bridgehead atoms. The molecule has 3 fully saturated rings.